The highest BCUT2D eigenvalue weighted by Gasteiger charge is 2.23. The molecule has 11 heteroatoms. The molecule has 1 heterocycles. The second kappa shape index (κ2) is 10.9. The number of carboxylic acids is 1. The highest BCUT2D eigenvalue weighted by molar-refractivity contribution is 8.02. The van der Waals surface area contributed by atoms with Crippen molar-refractivity contribution in [3.8, 4) is 11.1 Å². The number of primary sulfonamides is 1. The molecule has 3 aromatic carbocycles. The van der Waals surface area contributed by atoms with Crippen LogP contribution in [0.5, 0.6) is 0 Å². The zero-order chi connectivity index (χ0) is 26.6. The quantitative estimate of drug-likeness (QED) is 0.227. The number of hydrogen-bond acceptors (Lipinski definition) is 8. The fourth-order valence-corrected chi connectivity index (χ4v) is 5.08. The smallest absolute Gasteiger partial charge is 0.352 e. The Labute approximate surface area is 218 Å². The molecule has 9 nitrogen and oxygen atoms in total. The minimum absolute atomic E-state index is 0.0163. The van der Waals surface area contributed by atoms with E-state index in [2.05, 4.69) is 10.6 Å². The monoisotopic (exact) mass is 535 g/mol. The van der Waals surface area contributed by atoms with Gasteiger partial charge in [0.05, 0.1) is 10.6 Å². The maximum atomic E-state index is 11.6. The Morgan fingerprint density at radius 3 is 2.32 bits per heavy atom. The molecule has 1 aliphatic heterocycles. The molecule has 0 bridgehead atoms. The van der Waals surface area contributed by atoms with Crippen LogP contribution in [0.1, 0.15) is 11.1 Å². The van der Waals surface area contributed by atoms with Crippen LogP contribution in [0.25, 0.3) is 11.1 Å². The van der Waals surface area contributed by atoms with Crippen LogP contribution in [0.4, 0.5) is 0 Å². The highest BCUT2D eigenvalue weighted by Crippen LogP contribution is 2.24. The van der Waals surface area contributed by atoms with E-state index in [0.29, 0.717) is 16.7 Å². The molecule has 0 saturated carbocycles. The first kappa shape index (κ1) is 26.0. The van der Waals surface area contributed by atoms with E-state index in [1.54, 1.807) is 12.1 Å². The van der Waals surface area contributed by atoms with Crippen LogP contribution in [0.3, 0.4) is 0 Å². The number of nitrogens with two attached hydrogens (primary N) is 2. The Morgan fingerprint density at radius 1 is 1.03 bits per heavy atom. The number of nitrogens with one attached hydrogen (secondary N) is 3. The van der Waals surface area contributed by atoms with Crippen LogP contribution in [-0.2, 0) is 21.2 Å². The van der Waals surface area contributed by atoms with Gasteiger partial charge in [-0.25, -0.2) is 18.4 Å². The minimum Gasteiger partial charge on any atom is -0.477 e. The summed E-state index contributed by atoms with van der Waals surface area (Å²) in [5.74, 6) is -0.893. The third-order valence-electron chi connectivity index (χ3n) is 5.64. The maximum absolute atomic E-state index is 11.6. The summed E-state index contributed by atoms with van der Waals surface area (Å²) in [6, 6.07) is 23.4. The molecule has 0 fully saturated rings. The molecule has 1 unspecified atom stereocenters. The fourth-order valence-electron chi connectivity index (χ4n) is 3.73. The number of thioether (sulfide) groups is 1. The Kier molecular flexibility index (Phi) is 7.67. The summed E-state index contributed by atoms with van der Waals surface area (Å²) in [4.78, 5) is 11.2. The summed E-state index contributed by atoms with van der Waals surface area (Å²) in [5, 5.41) is 30.8. The molecule has 0 saturated heterocycles. The standard InChI is InChI=1S/C26H25N5O4S2/c27-23(19-8-4-7-18(14-19)17-5-2-1-3-6-17)21(13-16-9-11-20(12-10-16)37(29,34)35)24(28)31-26-30-22(15-36-26)25(32)33/h1-12,14-15,26-27,30-31H,13,28H2,(H,32,33)(H2,29,34,35)/b24-21-,27-23?. The van der Waals surface area contributed by atoms with Gasteiger partial charge in [0.1, 0.15) is 11.5 Å². The highest BCUT2D eigenvalue weighted by atomic mass is 32.2. The Bertz CT molecular complexity index is 1500. The van der Waals surface area contributed by atoms with E-state index in [9.17, 15) is 18.3 Å². The molecule has 1 aliphatic rings. The van der Waals surface area contributed by atoms with Crippen LogP contribution in [0, 0.1) is 5.41 Å². The Morgan fingerprint density at radius 2 is 1.70 bits per heavy atom. The van der Waals surface area contributed by atoms with E-state index in [1.165, 1.54) is 29.3 Å². The molecule has 8 N–H and O–H groups in total. The summed E-state index contributed by atoms with van der Waals surface area (Å²) in [6.45, 7) is 0. The molecule has 3 aromatic rings. The molecule has 190 valence electrons. The molecule has 0 amide bonds. The van der Waals surface area contributed by atoms with Gasteiger partial charge in [0, 0.05) is 23.0 Å². The lowest BCUT2D eigenvalue weighted by Crippen LogP contribution is -2.40. The third-order valence-corrected chi connectivity index (χ3v) is 7.45. The average molecular weight is 536 g/mol. The van der Waals surface area contributed by atoms with Gasteiger partial charge in [-0.2, -0.15) is 0 Å². The van der Waals surface area contributed by atoms with Crippen LogP contribution in [0.15, 0.2) is 106 Å². The van der Waals surface area contributed by atoms with Gasteiger partial charge < -0.3 is 21.5 Å². The zero-order valence-electron chi connectivity index (χ0n) is 19.5. The number of carboxylic acid groups (broad SMARTS) is 1. The summed E-state index contributed by atoms with van der Waals surface area (Å²) in [7, 11) is -3.84. The molecule has 0 radical (unpaired) electrons. The van der Waals surface area contributed by atoms with Crippen molar-refractivity contribution in [2.24, 2.45) is 10.9 Å². The van der Waals surface area contributed by atoms with E-state index in [0.717, 1.165) is 11.1 Å². The van der Waals surface area contributed by atoms with Gasteiger partial charge in [0.15, 0.2) is 5.50 Å². The van der Waals surface area contributed by atoms with Gasteiger partial charge in [-0.15, -0.1) is 0 Å². The molecular weight excluding hydrogens is 510 g/mol. The van der Waals surface area contributed by atoms with E-state index in [-0.39, 0.29) is 28.5 Å². The normalized spacial score (nSPS) is 15.8. The second-order valence-electron chi connectivity index (χ2n) is 8.22. The lowest BCUT2D eigenvalue weighted by atomic mass is 9.94. The summed E-state index contributed by atoms with van der Waals surface area (Å²) in [5.41, 5.74) is 9.88. The van der Waals surface area contributed by atoms with Gasteiger partial charge >= 0.3 is 5.97 Å². The Hall–Kier alpha value is -4.06. The SMILES string of the molecule is N=C(/C(Cc1ccc(S(N)(=O)=O)cc1)=C(/N)NC1NC(C(=O)O)=CS1)c1cccc(-c2ccccc2)c1. The van der Waals surface area contributed by atoms with Crippen molar-refractivity contribution in [3.05, 3.63) is 112 Å². The number of rotatable bonds is 9. The molecular formula is C26H25N5O4S2. The van der Waals surface area contributed by atoms with E-state index in [1.807, 2.05) is 54.6 Å². The summed E-state index contributed by atoms with van der Waals surface area (Å²) in [6.07, 6.45) is 0.217. The largest absolute Gasteiger partial charge is 0.477 e. The van der Waals surface area contributed by atoms with Gasteiger partial charge in [-0.3, -0.25) is 5.41 Å². The van der Waals surface area contributed by atoms with Crippen molar-refractivity contribution in [2.45, 2.75) is 16.8 Å². The number of hydrogen-bond donors (Lipinski definition) is 6. The van der Waals surface area contributed by atoms with Crippen molar-refractivity contribution < 1.29 is 18.3 Å². The van der Waals surface area contributed by atoms with Crippen molar-refractivity contribution in [2.75, 3.05) is 0 Å². The molecule has 1 atom stereocenters. The molecule has 0 aliphatic carbocycles. The van der Waals surface area contributed by atoms with Gasteiger partial charge in [-0.05, 0) is 34.9 Å². The van der Waals surface area contributed by atoms with Crippen molar-refractivity contribution in [1.29, 1.82) is 5.41 Å². The first-order valence-electron chi connectivity index (χ1n) is 11.1. The third kappa shape index (κ3) is 6.39. The van der Waals surface area contributed by atoms with Gasteiger partial charge in [-0.1, -0.05) is 72.4 Å². The summed E-state index contributed by atoms with van der Waals surface area (Å²) < 4.78 is 23.3. The van der Waals surface area contributed by atoms with E-state index >= 15 is 0 Å². The molecule has 0 spiro atoms. The lowest BCUT2D eigenvalue weighted by molar-refractivity contribution is -0.133. The van der Waals surface area contributed by atoms with Gasteiger partial charge in [0.2, 0.25) is 10.0 Å². The second-order valence-corrected chi connectivity index (χ2v) is 10.8. The van der Waals surface area contributed by atoms with Crippen molar-refractivity contribution in [1.82, 2.24) is 10.6 Å². The molecule has 0 aromatic heterocycles. The number of carbonyl (C=O) groups is 1. The maximum Gasteiger partial charge on any atom is 0.352 e. The average Bonchev–Trinajstić information content (AvgIpc) is 3.36. The van der Waals surface area contributed by atoms with Crippen molar-refractivity contribution in [3.63, 3.8) is 0 Å². The fraction of sp³-hybridized carbons (Fsp3) is 0.0769. The van der Waals surface area contributed by atoms with Crippen LogP contribution < -0.4 is 21.5 Å². The predicted molar refractivity (Wildman–Crippen MR) is 145 cm³/mol. The predicted octanol–water partition coefficient (Wildman–Crippen LogP) is 2.92. The molecule has 4 rings (SSSR count). The number of benzene rings is 3. The van der Waals surface area contributed by atoms with Crippen LogP contribution in [-0.4, -0.2) is 30.7 Å². The topological polar surface area (TPSA) is 171 Å². The number of aliphatic carboxylic acids is 1. The first-order chi connectivity index (χ1) is 17.6. The van der Waals surface area contributed by atoms with E-state index < -0.39 is 21.5 Å². The number of sulfonamides is 1. The van der Waals surface area contributed by atoms with Crippen molar-refractivity contribution >= 4 is 33.5 Å². The molecule has 37 heavy (non-hydrogen) atoms. The van der Waals surface area contributed by atoms with Gasteiger partial charge in [0.25, 0.3) is 0 Å². The van der Waals surface area contributed by atoms with Crippen LogP contribution >= 0.6 is 11.8 Å². The first-order valence-corrected chi connectivity index (χ1v) is 13.6. The zero-order valence-corrected chi connectivity index (χ0v) is 21.1. The Balaban J connectivity index is 1.66. The van der Waals surface area contributed by atoms with Crippen LogP contribution in [0.2, 0.25) is 0 Å². The number of allylic oxidation sites excluding steroid dienone is 1. The summed E-state index contributed by atoms with van der Waals surface area (Å²) >= 11 is 1.21. The lowest BCUT2D eigenvalue weighted by Gasteiger charge is -2.20. The minimum atomic E-state index is -3.84. The van der Waals surface area contributed by atoms with E-state index in [4.69, 9.17) is 16.3 Å².